The summed E-state index contributed by atoms with van der Waals surface area (Å²) in [6, 6.07) is 10.4. The molecule has 0 aliphatic rings. The SMILES string of the molecule is CCCC[C@H](Cc1ccccc1)NC(=O)OC(C)(C)C. The monoisotopic (exact) mass is 277 g/mol. The Morgan fingerprint density at radius 1 is 1.25 bits per heavy atom. The third kappa shape index (κ3) is 7.17. The zero-order valence-electron chi connectivity index (χ0n) is 13.1. The molecule has 1 N–H and O–H groups in total. The van der Waals surface area contributed by atoms with Crippen LogP contribution >= 0.6 is 0 Å². The maximum atomic E-state index is 11.9. The maximum Gasteiger partial charge on any atom is 0.407 e. The number of amides is 1. The molecule has 0 spiro atoms. The zero-order valence-corrected chi connectivity index (χ0v) is 13.1. The Bertz CT molecular complexity index is 395. The van der Waals surface area contributed by atoms with Gasteiger partial charge in [0.1, 0.15) is 5.60 Å². The van der Waals surface area contributed by atoms with Crippen LogP contribution in [0.15, 0.2) is 30.3 Å². The average Bonchev–Trinajstić information content (AvgIpc) is 2.35. The van der Waals surface area contributed by atoms with Gasteiger partial charge in [-0.2, -0.15) is 0 Å². The molecule has 0 unspecified atom stereocenters. The zero-order chi connectivity index (χ0) is 15.0. The molecular weight excluding hydrogens is 250 g/mol. The van der Waals surface area contributed by atoms with Gasteiger partial charge in [-0.25, -0.2) is 4.79 Å². The summed E-state index contributed by atoms with van der Waals surface area (Å²) in [5.41, 5.74) is 0.788. The molecule has 0 fully saturated rings. The summed E-state index contributed by atoms with van der Waals surface area (Å²) >= 11 is 0. The molecule has 1 aromatic carbocycles. The smallest absolute Gasteiger partial charge is 0.407 e. The van der Waals surface area contributed by atoms with Gasteiger partial charge in [-0.05, 0) is 39.2 Å². The van der Waals surface area contributed by atoms with E-state index < -0.39 is 5.60 Å². The second-order valence-corrected chi connectivity index (χ2v) is 6.18. The lowest BCUT2D eigenvalue weighted by Crippen LogP contribution is -2.40. The predicted octanol–water partition coefficient (Wildman–Crippen LogP) is 4.31. The third-order valence-corrected chi connectivity index (χ3v) is 2.95. The van der Waals surface area contributed by atoms with E-state index in [0.717, 1.165) is 25.7 Å². The number of hydrogen-bond acceptors (Lipinski definition) is 2. The molecular formula is C17H27NO2. The van der Waals surface area contributed by atoms with Gasteiger partial charge in [0.05, 0.1) is 0 Å². The molecule has 1 amide bonds. The van der Waals surface area contributed by atoms with Crippen molar-refractivity contribution >= 4 is 6.09 Å². The molecule has 112 valence electrons. The van der Waals surface area contributed by atoms with Crippen LogP contribution in [0.25, 0.3) is 0 Å². The van der Waals surface area contributed by atoms with Gasteiger partial charge in [-0.1, -0.05) is 50.1 Å². The highest BCUT2D eigenvalue weighted by Crippen LogP contribution is 2.11. The van der Waals surface area contributed by atoms with Crippen LogP contribution in [0.5, 0.6) is 0 Å². The number of rotatable bonds is 6. The first-order valence-corrected chi connectivity index (χ1v) is 7.44. The summed E-state index contributed by atoms with van der Waals surface area (Å²) in [7, 11) is 0. The molecule has 20 heavy (non-hydrogen) atoms. The molecule has 1 rings (SSSR count). The molecule has 0 saturated carbocycles. The molecule has 0 saturated heterocycles. The first-order chi connectivity index (χ1) is 9.40. The molecule has 1 atom stereocenters. The van der Waals surface area contributed by atoms with Crippen molar-refractivity contribution in [2.24, 2.45) is 0 Å². The summed E-state index contributed by atoms with van der Waals surface area (Å²) in [5, 5.41) is 3.00. The van der Waals surface area contributed by atoms with Crippen LogP contribution < -0.4 is 5.32 Å². The van der Waals surface area contributed by atoms with Crippen LogP contribution in [-0.2, 0) is 11.2 Å². The topological polar surface area (TPSA) is 38.3 Å². The van der Waals surface area contributed by atoms with E-state index >= 15 is 0 Å². The van der Waals surface area contributed by atoms with Crippen molar-refractivity contribution in [3.05, 3.63) is 35.9 Å². The average molecular weight is 277 g/mol. The first kappa shape index (κ1) is 16.5. The quantitative estimate of drug-likeness (QED) is 0.841. The van der Waals surface area contributed by atoms with Crippen LogP contribution in [0.3, 0.4) is 0 Å². The third-order valence-electron chi connectivity index (χ3n) is 2.95. The van der Waals surface area contributed by atoms with Crippen LogP contribution in [-0.4, -0.2) is 17.7 Å². The van der Waals surface area contributed by atoms with Gasteiger partial charge in [0.15, 0.2) is 0 Å². The summed E-state index contributed by atoms with van der Waals surface area (Å²) in [4.78, 5) is 11.9. The van der Waals surface area contributed by atoms with E-state index in [2.05, 4.69) is 24.4 Å². The van der Waals surface area contributed by atoms with Gasteiger partial charge in [0, 0.05) is 6.04 Å². The Labute approximate surface area is 122 Å². The minimum Gasteiger partial charge on any atom is -0.444 e. The van der Waals surface area contributed by atoms with Crippen LogP contribution in [0.4, 0.5) is 4.79 Å². The van der Waals surface area contributed by atoms with Crippen LogP contribution in [0, 0.1) is 0 Å². The van der Waals surface area contributed by atoms with E-state index in [-0.39, 0.29) is 12.1 Å². The van der Waals surface area contributed by atoms with Crippen molar-refractivity contribution in [2.75, 3.05) is 0 Å². The van der Waals surface area contributed by atoms with Gasteiger partial charge in [0.2, 0.25) is 0 Å². The molecule has 0 bridgehead atoms. The lowest BCUT2D eigenvalue weighted by molar-refractivity contribution is 0.0501. The van der Waals surface area contributed by atoms with Crippen LogP contribution in [0.1, 0.15) is 52.5 Å². The lowest BCUT2D eigenvalue weighted by atomic mass is 10.0. The number of nitrogens with one attached hydrogen (secondary N) is 1. The normalized spacial score (nSPS) is 12.8. The largest absolute Gasteiger partial charge is 0.444 e. The number of alkyl carbamates (subject to hydrolysis) is 1. The first-order valence-electron chi connectivity index (χ1n) is 7.44. The standard InChI is InChI=1S/C17H27NO2/c1-5-6-12-15(13-14-10-8-7-9-11-14)18-16(19)20-17(2,3)4/h7-11,15H,5-6,12-13H2,1-4H3,(H,18,19)/t15-/m1/s1. The lowest BCUT2D eigenvalue weighted by Gasteiger charge is -2.23. The molecule has 3 heteroatoms. The second-order valence-electron chi connectivity index (χ2n) is 6.18. The summed E-state index contributed by atoms with van der Waals surface area (Å²) in [5.74, 6) is 0. The van der Waals surface area contributed by atoms with E-state index in [9.17, 15) is 4.79 Å². The van der Waals surface area contributed by atoms with Crippen molar-refractivity contribution in [2.45, 2.75) is 65.0 Å². The summed E-state index contributed by atoms with van der Waals surface area (Å²) < 4.78 is 5.34. The van der Waals surface area contributed by atoms with E-state index in [1.807, 2.05) is 39.0 Å². The van der Waals surface area contributed by atoms with Gasteiger partial charge >= 0.3 is 6.09 Å². The Balaban J connectivity index is 2.57. The second kappa shape index (κ2) is 7.93. The maximum absolute atomic E-state index is 11.9. The molecule has 0 radical (unpaired) electrons. The highest BCUT2D eigenvalue weighted by molar-refractivity contribution is 5.68. The molecule has 0 heterocycles. The molecule has 0 aliphatic carbocycles. The number of hydrogen-bond donors (Lipinski definition) is 1. The Morgan fingerprint density at radius 3 is 2.45 bits per heavy atom. The minimum absolute atomic E-state index is 0.132. The van der Waals surface area contributed by atoms with E-state index in [1.165, 1.54) is 5.56 Å². The fourth-order valence-corrected chi connectivity index (χ4v) is 2.05. The van der Waals surface area contributed by atoms with Gasteiger partial charge in [-0.15, -0.1) is 0 Å². The fourth-order valence-electron chi connectivity index (χ4n) is 2.05. The highest BCUT2D eigenvalue weighted by Gasteiger charge is 2.19. The van der Waals surface area contributed by atoms with E-state index in [4.69, 9.17) is 4.74 Å². The number of carbonyl (C=O) groups excluding carboxylic acids is 1. The fraction of sp³-hybridized carbons (Fsp3) is 0.588. The predicted molar refractivity (Wildman–Crippen MR) is 82.8 cm³/mol. The van der Waals surface area contributed by atoms with E-state index in [1.54, 1.807) is 0 Å². The number of ether oxygens (including phenoxy) is 1. The summed E-state index contributed by atoms with van der Waals surface area (Å²) in [6.07, 6.45) is 3.73. The van der Waals surface area contributed by atoms with Gasteiger partial charge < -0.3 is 10.1 Å². The molecule has 1 aromatic rings. The number of unbranched alkanes of at least 4 members (excludes halogenated alkanes) is 1. The van der Waals surface area contributed by atoms with Crippen molar-refractivity contribution in [3.8, 4) is 0 Å². The number of carbonyl (C=O) groups is 1. The molecule has 0 aromatic heterocycles. The number of benzene rings is 1. The van der Waals surface area contributed by atoms with Gasteiger partial charge in [-0.3, -0.25) is 0 Å². The van der Waals surface area contributed by atoms with Crippen molar-refractivity contribution < 1.29 is 9.53 Å². The minimum atomic E-state index is -0.452. The van der Waals surface area contributed by atoms with E-state index in [0.29, 0.717) is 0 Å². The van der Waals surface area contributed by atoms with Crippen LogP contribution in [0.2, 0.25) is 0 Å². The van der Waals surface area contributed by atoms with Crippen molar-refractivity contribution in [1.82, 2.24) is 5.32 Å². The van der Waals surface area contributed by atoms with Gasteiger partial charge in [0.25, 0.3) is 0 Å². The van der Waals surface area contributed by atoms with Crippen molar-refractivity contribution in [3.63, 3.8) is 0 Å². The highest BCUT2D eigenvalue weighted by atomic mass is 16.6. The molecule has 3 nitrogen and oxygen atoms in total. The Kier molecular flexibility index (Phi) is 6.56. The van der Waals surface area contributed by atoms with Crippen molar-refractivity contribution in [1.29, 1.82) is 0 Å². The summed E-state index contributed by atoms with van der Waals surface area (Å²) in [6.45, 7) is 7.80. The Hall–Kier alpha value is -1.51. The molecule has 0 aliphatic heterocycles. The Morgan fingerprint density at radius 2 is 1.90 bits per heavy atom.